The number of phenolic OH excluding ortho intramolecular Hbond substituents is 1. The smallest absolute Gasteiger partial charge is 0.222 e. The Bertz CT molecular complexity index is 925. The van der Waals surface area contributed by atoms with Crippen molar-refractivity contribution in [2.45, 2.75) is 38.0 Å². The van der Waals surface area contributed by atoms with Crippen LogP contribution in [-0.4, -0.2) is 55.1 Å². The second-order valence-corrected chi connectivity index (χ2v) is 8.38. The number of phenols is 1. The summed E-state index contributed by atoms with van der Waals surface area (Å²) in [6.45, 7) is 3.46. The van der Waals surface area contributed by atoms with Crippen LogP contribution >= 0.6 is 0 Å². The number of aliphatic imine (C=N–C) groups is 1. The number of rotatable bonds is 7. The lowest BCUT2D eigenvalue weighted by Crippen LogP contribution is -2.41. The molecule has 6 nitrogen and oxygen atoms in total. The molecule has 1 fully saturated rings. The van der Waals surface area contributed by atoms with E-state index in [-0.39, 0.29) is 0 Å². The van der Waals surface area contributed by atoms with E-state index >= 15 is 0 Å². The van der Waals surface area contributed by atoms with E-state index < -0.39 is 0 Å². The summed E-state index contributed by atoms with van der Waals surface area (Å²) in [5.41, 5.74) is 3.78. The fourth-order valence-corrected chi connectivity index (χ4v) is 4.65. The number of carbonyl (C=O) groups is 1. The molecule has 2 aromatic rings. The molecule has 0 aliphatic carbocycles. The van der Waals surface area contributed by atoms with Crippen molar-refractivity contribution in [2.75, 3.05) is 38.1 Å². The molecule has 2 aliphatic rings. The fraction of sp³-hybridized carbons (Fsp3) is 0.440. The van der Waals surface area contributed by atoms with Crippen molar-refractivity contribution in [1.29, 1.82) is 0 Å². The molecule has 0 saturated carbocycles. The highest BCUT2D eigenvalue weighted by atomic mass is 16.3. The third-order valence-electron chi connectivity index (χ3n) is 6.32. The second-order valence-electron chi connectivity index (χ2n) is 8.38. The first kappa shape index (κ1) is 21.2. The number of likely N-dealkylation sites (tertiary alicyclic amines) is 1. The van der Waals surface area contributed by atoms with Gasteiger partial charge in [0.25, 0.3) is 0 Å². The monoisotopic (exact) mass is 420 g/mol. The first-order valence-corrected chi connectivity index (χ1v) is 11.3. The fourth-order valence-electron chi connectivity index (χ4n) is 4.65. The molecule has 1 amide bonds. The van der Waals surface area contributed by atoms with E-state index in [2.05, 4.69) is 39.5 Å². The van der Waals surface area contributed by atoms with Gasteiger partial charge in [0.15, 0.2) is 5.96 Å². The molecule has 2 aromatic carbocycles. The van der Waals surface area contributed by atoms with E-state index in [9.17, 15) is 9.90 Å². The maximum absolute atomic E-state index is 12.0. The van der Waals surface area contributed by atoms with Gasteiger partial charge < -0.3 is 20.2 Å². The predicted molar refractivity (Wildman–Crippen MR) is 125 cm³/mol. The molecular weight excluding hydrogens is 388 g/mol. The van der Waals surface area contributed by atoms with Crippen LogP contribution in [0.25, 0.3) is 0 Å². The number of amides is 1. The van der Waals surface area contributed by atoms with Gasteiger partial charge in [0, 0.05) is 51.3 Å². The van der Waals surface area contributed by atoms with Crippen molar-refractivity contribution >= 4 is 17.6 Å². The first-order valence-electron chi connectivity index (χ1n) is 11.3. The van der Waals surface area contributed by atoms with Gasteiger partial charge in [0.1, 0.15) is 5.75 Å². The van der Waals surface area contributed by atoms with Crippen molar-refractivity contribution in [3.63, 3.8) is 0 Å². The van der Waals surface area contributed by atoms with E-state index in [1.165, 1.54) is 16.8 Å². The van der Waals surface area contributed by atoms with E-state index in [0.29, 0.717) is 24.0 Å². The summed E-state index contributed by atoms with van der Waals surface area (Å²) in [6.07, 6.45) is 4.62. The average Bonchev–Trinajstić information content (AvgIpc) is 3.37. The quantitative estimate of drug-likeness (QED) is 0.409. The summed E-state index contributed by atoms with van der Waals surface area (Å²) in [7, 11) is 1.83. The van der Waals surface area contributed by atoms with Crippen LogP contribution in [0.1, 0.15) is 42.7 Å². The number of fused-ring (bicyclic) bond motifs is 1. The summed E-state index contributed by atoms with van der Waals surface area (Å²) in [4.78, 5) is 20.8. The molecule has 164 valence electrons. The molecular formula is C25H32N4O2. The molecule has 31 heavy (non-hydrogen) atoms. The van der Waals surface area contributed by atoms with Gasteiger partial charge in [0.2, 0.25) is 5.91 Å². The Morgan fingerprint density at radius 3 is 2.74 bits per heavy atom. The topological polar surface area (TPSA) is 68.2 Å². The number of guanidine groups is 1. The molecule has 0 aromatic heterocycles. The Kier molecular flexibility index (Phi) is 6.75. The minimum absolute atomic E-state index is 0.300. The van der Waals surface area contributed by atoms with Gasteiger partial charge in [-0.1, -0.05) is 30.3 Å². The maximum atomic E-state index is 12.0. The van der Waals surface area contributed by atoms with Crippen LogP contribution in [0.2, 0.25) is 0 Å². The Morgan fingerprint density at radius 1 is 1.19 bits per heavy atom. The predicted octanol–water partition coefficient (Wildman–Crippen LogP) is 3.52. The van der Waals surface area contributed by atoms with Crippen molar-refractivity contribution in [2.24, 2.45) is 4.99 Å². The highest BCUT2D eigenvalue weighted by Gasteiger charge is 2.31. The van der Waals surface area contributed by atoms with Crippen LogP contribution in [0, 0.1) is 0 Å². The summed E-state index contributed by atoms with van der Waals surface area (Å²) in [5, 5.41) is 12.9. The highest BCUT2D eigenvalue weighted by Crippen LogP contribution is 2.38. The van der Waals surface area contributed by atoms with Crippen LogP contribution < -0.4 is 10.2 Å². The lowest BCUT2D eigenvalue weighted by molar-refractivity contribution is -0.127. The van der Waals surface area contributed by atoms with Gasteiger partial charge in [-0.15, -0.1) is 0 Å². The molecule has 0 radical (unpaired) electrons. The summed E-state index contributed by atoms with van der Waals surface area (Å²) in [5.74, 6) is 1.91. The highest BCUT2D eigenvalue weighted by molar-refractivity contribution is 5.98. The van der Waals surface area contributed by atoms with E-state index in [1.54, 1.807) is 12.1 Å². The summed E-state index contributed by atoms with van der Waals surface area (Å²) >= 11 is 0. The lowest BCUT2D eigenvalue weighted by atomic mass is 9.98. The van der Waals surface area contributed by atoms with Crippen molar-refractivity contribution < 1.29 is 9.90 Å². The Labute approximate surface area is 184 Å². The zero-order chi connectivity index (χ0) is 21.6. The van der Waals surface area contributed by atoms with Crippen LogP contribution in [-0.2, 0) is 11.2 Å². The lowest BCUT2D eigenvalue weighted by Gasteiger charge is -2.23. The second kappa shape index (κ2) is 9.86. The molecule has 4 rings (SSSR count). The van der Waals surface area contributed by atoms with Crippen LogP contribution in [0.4, 0.5) is 5.69 Å². The van der Waals surface area contributed by atoms with E-state index in [4.69, 9.17) is 0 Å². The first-order chi connectivity index (χ1) is 15.2. The van der Waals surface area contributed by atoms with Gasteiger partial charge >= 0.3 is 0 Å². The number of hydrogen-bond acceptors (Lipinski definition) is 3. The van der Waals surface area contributed by atoms with E-state index in [0.717, 1.165) is 57.8 Å². The number of anilines is 1. The molecule has 1 saturated heterocycles. The van der Waals surface area contributed by atoms with Crippen LogP contribution in [0.3, 0.4) is 0 Å². The largest absolute Gasteiger partial charge is 0.508 e. The normalized spacial score (nSPS) is 18.5. The maximum Gasteiger partial charge on any atom is 0.222 e. The van der Waals surface area contributed by atoms with Crippen molar-refractivity contribution in [1.82, 2.24) is 10.2 Å². The average molecular weight is 421 g/mol. The number of hydrogen-bond donors (Lipinski definition) is 2. The molecule has 2 heterocycles. The molecule has 0 spiro atoms. The Hall–Kier alpha value is -3.02. The third-order valence-corrected chi connectivity index (χ3v) is 6.32. The zero-order valence-electron chi connectivity index (χ0n) is 18.3. The van der Waals surface area contributed by atoms with Gasteiger partial charge in [-0.05, 0) is 55.0 Å². The molecule has 2 N–H and O–H groups in total. The number of nitrogens with zero attached hydrogens (tertiary/aromatic N) is 3. The molecule has 0 bridgehead atoms. The third kappa shape index (κ3) is 5.01. The molecule has 2 aliphatic heterocycles. The summed E-state index contributed by atoms with van der Waals surface area (Å²) < 4.78 is 0. The number of carbonyl (C=O) groups excluding carboxylic acids is 1. The van der Waals surface area contributed by atoms with Crippen LogP contribution in [0.5, 0.6) is 5.75 Å². The van der Waals surface area contributed by atoms with Crippen molar-refractivity contribution in [3.05, 3.63) is 59.7 Å². The Balaban J connectivity index is 1.34. The summed E-state index contributed by atoms with van der Waals surface area (Å²) in [6, 6.07) is 16.0. The number of aromatic hydroxyl groups is 1. The minimum Gasteiger partial charge on any atom is -0.508 e. The van der Waals surface area contributed by atoms with Crippen LogP contribution in [0.15, 0.2) is 53.5 Å². The minimum atomic E-state index is 0.300. The molecule has 1 unspecified atom stereocenters. The van der Waals surface area contributed by atoms with Gasteiger partial charge in [-0.2, -0.15) is 0 Å². The van der Waals surface area contributed by atoms with Gasteiger partial charge in [0.05, 0.1) is 0 Å². The number of nitrogens with one attached hydrogen (secondary N) is 1. The van der Waals surface area contributed by atoms with Gasteiger partial charge in [-0.3, -0.25) is 9.79 Å². The zero-order valence-corrected chi connectivity index (χ0v) is 18.3. The SMILES string of the molecule is CN=C(NCCCc1ccc(O)cc1)N1CC(CCN2CCCC2=O)c2ccccc21. The van der Waals surface area contributed by atoms with E-state index in [1.807, 2.05) is 24.1 Å². The number of para-hydroxylation sites is 1. The number of benzene rings is 2. The van der Waals surface area contributed by atoms with Crippen molar-refractivity contribution in [3.8, 4) is 5.75 Å². The molecule has 1 atom stereocenters. The number of aryl methyl sites for hydroxylation is 1. The van der Waals surface area contributed by atoms with Gasteiger partial charge in [-0.25, -0.2) is 0 Å². The Morgan fingerprint density at radius 2 is 2.00 bits per heavy atom. The standard InChI is InChI=1S/C25H32N4O2/c1-26-25(27-15-4-6-19-10-12-21(30)13-11-19)29-18-20(22-7-2-3-8-23(22)29)14-17-28-16-5-9-24(28)31/h2-3,7-8,10-13,20,30H,4-6,9,14-18H2,1H3,(H,26,27). The molecule has 6 heteroatoms.